The number of aromatic nitrogens is 3. The summed E-state index contributed by atoms with van der Waals surface area (Å²) in [6, 6.07) is 32.6. The predicted octanol–water partition coefficient (Wildman–Crippen LogP) is 7.66. The molecule has 0 aliphatic rings. The fraction of sp³-hybridized carbons (Fsp3) is 0.0968. The molecule has 1 N–H and O–H groups in total. The van der Waals surface area contributed by atoms with Crippen LogP contribution < -0.4 is 4.74 Å². The zero-order valence-corrected chi connectivity index (χ0v) is 22.6. The molecule has 5 nitrogen and oxygen atoms in total. The number of nitrogens with zero attached hydrogens (tertiary/aromatic N) is 3. The third kappa shape index (κ3) is 4.63. The van der Waals surface area contributed by atoms with E-state index < -0.39 is 0 Å². The predicted molar refractivity (Wildman–Crippen MR) is 143 cm³/mol. The zero-order chi connectivity index (χ0) is 24.6. The van der Waals surface area contributed by atoms with Gasteiger partial charge >= 0.3 is 0 Å². The number of aromatic hydroxyl groups is 1. The number of hydrogen-bond acceptors (Lipinski definition) is 4. The molecule has 6 heteroatoms. The number of fused-ring (bicyclic) bond motifs is 3. The normalized spacial score (nSPS) is 11.1. The Morgan fingerprint density at radius 3 is 2.51 bits per heavy atom. The van der Waals surface area contributed by atoms with Crippen LogP contribution in [0.3, 0.4) is 0 Å². The van der Waals surface area contributed by atoms with E-state index in [1.807, 2.05) is 77.4 Å². The average molecular weight is 666 g/mol. The first-order chi connectivity index (χ1) is 17.6. The molecule has 0 aliphatic heterocycles. The Morgan fingerprint density at radius 2 is 1.68 bits per heavy atom. The van der Waals surface area contributed by atoms with Crippen LogP contribution in [0.15, 0.2) is 97.2 Å². The van der Waals surface area contributed by atoms with E-state index in [1.54, 1.807) is 12.3 Å². The van der Waals surface area contributed by atoms with E-state index in [-0.39, 0.29) is 26.8 Å². The van der Waals surface area contributed by atoms with Crippen molar-refractivity contribution in [2.24, 2.45) is 0 Å². The van der Waals surface area contributed by atoms with Gasteiger partial charge in [-0.15, -0.1) is 23.8 Å². The molecule has 6 aromatic rings. The number of phenols is 1. The van der Waals surface area contributed by atoms with Crippen molar-refractivity contribution in [2.75, 3.05) is 0 Å². The minimum Gasteiger partial charge on any atom is -0.506 e. The van der Waals surface area contributed by atoms with Gasteiger partial charge in [-0.05, 0) is 41.4 Å². The van der Waals surface area contributed by atoms with E-state index in [4.69, 9.17) is 9.72 Å². The standard InChI is InChI=1S/C31H24N3O2.Pt/c1-20(2)21-16-17-32-30(19-21)36-23-9-7-8-22(18-23)26-15-14-25-24-10-3-4-11-27(24)34(31(25)33-26)28-12-5-6-13-29(28)35;/h3-17,19-20,35H,1-2H3;/q-1;. The van der Waals surface area contributed by atoms with Gasteiger partial charge in [0.1, 0.15) is 11.4 Å². The van der Waals surface area contributed by atoms with E-state index in [1.165, 1.54) is 5.56 Å². The maximum atomic E-state index is 10.6. The van der Waals surface area contributed by atoms with Crippen molar-refractivity contribution in [3.05, 3.63) is 109 Å². The van der Waals surface area contributed by atoms with Crippen molar-refractivity contribution >= 4 is 21.9 Å². The molecule has 186 valence electrons. The van der Waals surface area contributed by atoms with Crippen molar-refractivity contribution in [1.82, 2.24) is 14.5 Å². The molecular weight excluding hydrogens is 641 g/mol. The minimum absolute atomic E-state index is 0. The van der Waals surface area contributed by atoms with Gasteiger partial charge < -0.3 is 9.84 Å². The minimum atomic E-state index is 0. The number of phenolic OH excluding ortho intramolecular Hbond substituents is 1. The molecule has 0 amide bonds. The maximum absolute atomic E-state index is 10.6. The third-order valence-electron chi connectivity index (χ3n) is 6.33. The van der Waals surface area contributed by atoms with Gasteiger partial charge in [-0.3, -0.25) is 9.55 Å². The topological polar surface area (TPSA) is 60.2 Å². The summed E-state index contributed by atoms with van der Waals surface area (Å²) in [4.78, 5) is 9.39. The van der Waals surface area contributed by atoms with E-state index >= 15 is 0 Å². The summed E-state index contributed by atoms with van der Waals surface area (Å²) in [5, 5.41) is 12.7. The van der Waals surface area contributed by atoms with Gasteiger partial charge in [0.15, 0.2) is 0 Å². The largest absolute Gasteiger partial charge is 0.506 e. The van der Waals surface area contributed by atoms with Crippen LogP contribution in [0.4, 0.5) is 0 Å². The van der Waals surface area contributed by atoms with Crippen LogP contribution >= 0.6 is 0 Å². The second-order valence-corrected chi connectivity index (χ2v) is 9.02. The average Bonchev–Trinajstić information content (AvgIpc) is 3.23. The quantitative estimate of drug-likeness (QED) is 0.192. The molecule has 3 aromatic heterocycles. The first-order valence-electron chi connectivity index (χ1n) is 11.9. The van der Waals surface area contributed by atoms with Crippen molar-refractivity contribution in [3.63, 3.8) is 0 Å². The summed E-state index contributed by atoms with van der Waals surface area (Å²) in [7, 11) is 0. The molecule has 0 aliphatic carbocycles. The van der Waals surface area contributed by atoms with Gasteiger partial charge in [0, 0.05) is 49.9 Å². The third-order valence-corrected chi connectivity index (χ3v) is 6.33. The number of rotatable bonds is 5. The van der Waals surface area contributed by atoms with Crippen molar-refractivity contribution in [3.8, 4) is 34.3 Å². The SMILES string of the molecule is CC(C)c1ccnc(Oc2[c-]c(-c3ccc4c5ccccc5n(-c5ccccc5O)c4n3)ccc2)c1.[Pt]. The van der Waals surface area contributed by atoms with Crippen LogP contribution in [0.1, 0.15) is 25.3 Å². The van der Waals surface area contributed by atoms with Gasteiger partial charge in [-0.25, -0.2) is 4.98 Å². The second-order valence-electron chi connectivity index (χ2n) is 9.02. The monoisotopic (exact) mass is 665 g/mol. The first-order valence-corrected chi connectivity index (χ1v) is 11.9. The van der Waals surface area contributed by atoms with Crippen LogP contribution in [0.25, 0.3) is 38.9 Å². The molecule has 0 saturated heterocycles. The number of para-hydroxylation sites is 3. The summed E-state index contributed by atoms with van der Waals surface area (Å²) >= 11 is 0. The molecule has 3 aromatic carbocycles. The summed E-state index contributed by atoms with van der Waals surface area (Å²) in [6.07, 6.45) is 1.77. The molecule has 0 saturated carbocycles. The number of pyridine rings is 2. The summed E-state index contributed by atoms with van der Waals surface area (Å²) in [5.74, 6) is 1.70. The Bertz CT molecular complexity index is 1730. The van der Waals surface area contributed by atoms with Crippen molar-refractivity contribution in [1.29, 1.82) is 0 Å². The Hall–Kier alpha value is -3.95. The summed E-state index contributed by atoms with van der Waals surface area (Å²) in [6.45, 7) is 4.28. The fourth-order valence-electron chi connectivity index (χ4n) is 4.50. The van der Waals surface area contributed by atoms with Gasteiger partial charge in [-0.2, -0.15) is 0 Å². The van der Waals surface area contributed by atoms with E-state index in [2.05, 4.69) is 37.0 Å². The summed E-state index contributed by atoms with van der Waals surface area (Å²) < 4.78 is 8.05. The van der Waals surface area contributed by atoms with Crippen LogP contribution in [-0.2, 0) is 21.1 Å². The Balaban J connectivity index is 0.00000280. The van der Waals surface area contributed by atoms with E-state index in [0.717, 1.165) is 33.2 Å². The molecule has 0 fully saturated rings. The van der Waals surface area contributed by atoms with Crippen molar-refractivity contribution < 1.29 is 30.9 Å². The number of hydrogen-bond donors (Lipinski definition) is 1. The summed E-state index contributed by atoms with van der Waals surface area (Å²) in [5.41, 5.74) is 5.17. The van der Waals surface area contributed by atoms with Crippen LogP contribution in [-0.4, -0.2) is 19.6 Å². The van der Waals surface area contributed by atoms with Crippen LogP contribution in [0.2, 0.25) is 0 Å². The molecule has 0 unspecified atom stereocenters. The van der Waals surface area contributed by atoms with E-state index in [0.29, 0.717) is 23.2 Å². The first kappa shape index (κ1) is 24.7. The van der Waals surface area contributed by atoms with Gasteiger partial charge in [0.2, 0.25) is 5.88 Å². The molecule has 0 spiro atoms. The zero-order valence-electron chi connectivity index (χ0n) is 20.3. The Kier molecular flexibility index (Phi) is 6.81. The molecule has 37 heavy (non-hydrogen) atoms. The van der Waals surface area contributed by atoms with E-state index in [9.17, 15) is 5.11 Å². The molecule has 6 rings (SSSR count). The smallest absolute Gasteiger partial charge is 0.217 e. The second kappa shape index (κ2) is 10.2. The number of benzene rings is 3. The van der Waals surface area contributed by atoms with Gasteiger partial charge in [0.25, 0.3) is 0 Å². The maximum Gasteiger partial charge on any atom is 0.217 e. The van der Waals surface area contributed by atoms with Crippen molar-refractivity contribution in [2.45, 2.75) is 19.8 Å². The van der Waals surface area contributed by atoms with Crippen LogP contribution in [0.5, 0.6) is 17.4 Å². The van der Waals surface area contributed by atoms with Gasteiger partial charge in [0.05, 0.1) is 11.2 Å². The molecule has 0 radical (unpaired) electrons. The Labute approximate surface area is 229 Å². The molecule has 3 heterocycles. The molecule has 0 atom stereocenters. The van der Waals surface area contributed by atoms with Crippen LogP contribution in [0, 0.1) is 6.07 Å². The fourth-order valence-corrected chi connectivity index (χ4v) is 4.50. The van der Waals surface area contributed by atoms with Gasteiger partial charge in [-0.1, -0.05) is 62.4 Å². The molecular formula is C31H24N3O2Pt-. The molecule has 0 bridgehead atoms. The number of ether oxygens (including phenoxy) is 1. The Morgan fingerprint density at radius 1 is 0.865 bits per heavy atom.